The molecule has 33 heavy (non-hydrogen) atoms. The number of hydrogen-bond donors (Lipinski definition) is 0. The molecule has 0 aromatic heterocycles. The van der Waals surface area contributed by atoms with Crippen molar-refractivity contribution in [1.29, 1.82) is 0 Å². The Kier molecular flexibility index (Phi) is 7.31. The Labute approximate surface area is 192 Å². The second-order valence-corrected chi connectivity index (χ2v) is 8.25. The minimum absolute atomic E-state index is 0.174. The molecule has 0 N–H and O–H groups in total. The number of rotatable bonds is 6. The van der Waals surface area contributed by atoms with E-state index < -0.39 is 23.7 Å². The molecule has 0 amide bonds. The van der Waals surface area contributed by atoms with E-state index in [1.807, 2.05) is 26.0 Å². The van der Waals surface area contributed by atoms with Crippen molar-refractivity contribution in [3.63, 3.8) is 0 Å². The van der Waals surface area contributed by atoms with Gasteiger partial charge in [-0.1, -0.05) is 74.0 Å². The zero-order valence-corrected chi connectivity index (χ0v) is 18.8. The van der Waals surface area contributed by atoms with Gasteiger partial charge in [0.15, 0.2) is 17.9 Å². The second-order valence-electron chi connectivity index (χ2n) is 8.25. The Balaban J connectivity index is 1.52. The van der Waals surface area contributed by atoms with Gasteiger partial charge in [-0.15, -0.1) is 0 Å². The van der Waals surface area contributed by atoms with Crippen molar-refractivity contribution in [3.8, 4) is 22.3 Å². The van der Waals surface area contributed by atoms with Gasteiger partial charge in [0.25, 0.3) is 0 Å². The van der Waals surface area contributed by atoms with Gasteiger partial charge in [0.2, 0.25) is 0 Å². The summed E-state index contributed by atoms with van der Waals surface area (Å²) in [5, 5.41) is 0. The van der Waals surface area contributed by atoms with E-state index in [1.165, 1.54) is 6.07 Å². The van der Waals surface area contributed by atoms with Crippen molar-refractivity contribution in [2.45, 2.75) is 33.0 Å². The zero-order chi connectivity index (χ0) is 23.4. The maximum absolute atomic E-state index is 14.8. The van der Waals surface area contributed by atoms with E-state index in [9.17, 15) is 13.2 Å². The molecular weight excluding hydrogens is 425 g/mol. The smallest absolute Gasteiger partial charge is 0.186 e. The van der Waals surface area contributed by atoms with Crippen LogP contribution in [0.4, 0.5) is 13.2 Å². The largest absolute Gasteiger partial charge is 0.348 e. The van der Waals surface area contributed by atoms with E-state index >= 15 is 0 Å². The number of ether oxygens (including phenoxy) is 2. The minimum atomic E-state index is -0.840. The monoisotopic (exact) mass is 452 g/mol. The van der Waals surface area contributed by atoms with Gasteiger partial charge in [-0.05, 0) is 41.7 Å². The molecule has 1 saturated heterocycles. The normalized spacial score (nSPS) is 18.7. The Morgan fingerprint density at radius 1 is 0.848 bits per heavy atom. The van der Waals surface area contributed by atoms with Crippen molar-refractivity contribution in [2.24, 2.45) is 5.92 Å². The summed E-state index contributed by atoms with van der Waals surface area (Å²) in [6, 6.07) is 15.1. The predicted molar refractivity (Wildman–Crippen MR) is 124 cm³/mol. The van der Waals surface area contributed by atoms with Gasteiger partial charge < -0.3 is 9.47 Å². The summed E-state index contributed by atoms with van der Waals surface area (Å²) in [5.74, 6) is -1.87. The summed E-state index contributed by atoms with van der Waals surface area (Å²) in [6.45, 7) is 4.83. The highest BCUT2D eigenvalue weighted by Crippen LogP contribution is 2.32. The third kappa shape index (κ3) is 5.05. The molecule has 1 fully saturated rings. The fraction of sp³-hybridized carbons (Fsp3) is 0.286. The lowest BCUT2D eigenvalue weighted by Gasteiger charge is -2.28. The molecular formula is C28H27F3O2. The first-order chi connectivity index (χ1) is 16.0. The maximum atomic E-state index is 14.8. The van der Waals surface area contributed by atoms with Crippen LogP contribution in [-0.4, -0.2) is 13.2 Å². The topological polar surface area (TPSA) is 18.5 Å². The average Bonchev–Trinajstić information content (AvgIpc) is 2.83. The van der Waals surface area contributed by atoms with Crippen LogP contribution in [0.2, 0.25) is 0 Å². The Morgan fingerprint density at radius 2 is 1.52 bits per heavy atom. The molecule has 2 nitrogen and oxygen atoms in total. The summed E-state index contributed by atoms with van der Waals surface area (Å²) in [5.41, 5.74) is 2.97. The van der Waals surface area contributed by atoms with Gasteiger partial charge in [0, 0.05) is 17.0 Å². The number of hydrogen-bond acceptors (Lipinski definition) is 2. The summed E-state index contributed by atoms with van der Waals surface area (Å²) < 4.78 is 55.1. The highest BCUT2D eigenvalue weighted by Gasteiger charge is 2.24. The lowest BCUT2D eigenvalue weighted by atomic mass is 9.97. The molecule has 3 aromatic rings. The maximum Gasteiger partial charge on any atom is 0.186 e. The molecule has 0 spiro atoms. The van der Waals surface area contributed by atoms with Crippen LogP contribution in [0.25, 0.3) is 22.3 Å². The number of allylic oxidation sites excluding steroid dienone is 1. The van der Waals surface area contributed by atoms with E-state index in [0.717, 1.165) is 12.0 Å². The van der Waals surface area contributed by atoms with Crippen molar-refractivity contribution in [2.75, 3.05) is 13.2 Å². The summed E-state index contributed by atoms with van der Waals surface area (Å²) in [7, 11) is 0. The molecule has 0 unspecified atom stereocenters. The van der Waals surface area contributed by atoms with Crippen molar-refractivity contribution in [1.82, 2.24) is 0 Å². The molecule has 0 atom stereocenters. The molecule has 0 radical (unpaired) electrons. The van der Waals surface area contributed by atoms with Crippen LogP contribution in [0, 0.1) is 23.4 Å². The van der Waals surface area contributed by atoms with E-state index in [1.54, 1.807) is 48.5 Å². The quantitative estimate of drug-likeness (QED) is 0.358. The second kappa shape index (κ2) is 10.4. The van der Waals surface area contributed by atoms with Crippen LogP contribution < -0.4 is 0 Å². The van der Waals surface area contributed by atoms with Gasteiger partial charge in [0.05, 0.1) is 13.2 Å². The molecule has 172 valence electrons. The highest BCUT2D eigenvalue weighted by atomic mass is 19.2. The van der Waals surface area contributed by atoms with Crippen LogP contribution in [0.5, 0.6) is 0 Å². The Bertz CT molecular complexity index is 1130. The predicted octanol–water partition coefficient (Wildman–Crippen LogP) is 7.63. The standard InChI is InChI=1S/C28H27F3O2/c1-3-5-18-16-32-28(33-17-18)24-14-12-22(15-25(24)29)19-7-9-20(10-8-19)23-13-11-21(6-4-2)26(30)27(23)31/h3,5,7-15,18,28H,4,6,16-17H2,1-2H3. The van der Waals surface area contributed by atoms with E-state index in [2.05, 4.69) is 0 Å². The summed E-state index contributed by atoms with van der Waals surface area (Å²) in [6.07, 6.45) is 4.48. The third-order valence-corrected chi connectivity index (χ3v) is 5.85. The molecule has 1 aliphatic heterocycles. The fourth-order valence-corrected chi connectivity index (χ4v) is 4.10. The van der Waals surface area contributed by atoms with Gasteiger partial charge in [-0.25, -0.2) is 13.2 Å². The van der Waals surface area contributed by atoms with Crippen LogP contribution in [0.3, 0.4) is 0 Å². The molecule has 0 saturated carbocycles. The number of aryl methyl sites for hydroxylation is 1. The van der Waals surface area contributed by atoms with E-state index in [-0.39, 0.29) is 11.5 Å². The van der Waals surface area contributed by atoms with Gasteiger partial charge in [-0.3, -0.25) is 0 Å². The SMILES string of the molecule is CC=CC1COC(c2ccc(-c3ccc(-c4ccc(CCC)c(F)c4F)cc3)cc2F)OC1. The van der Waals surface area contributed by atoms with E-state index in [0.29, 0.717) is 41.9 Å². The first kappa shape index (κ1) is 23.3. The fourth-order valence-electron chi connectivity index (χ4n) is 4.10. The Hall–Kier alpha value is -2.89. The molecule has 5 heteroatoms. The Morgan fingerprint density at radius 3 is 2.15 bits per heavy atom. The first-order valence-electron chi connectivity index (χ1n) is 11.2. The lowest BCUT2D eigenvalue weighted by molar-refractivity contribution is -0.198. The van der Waals surface area contributed by atoms with E-state index in [4.69, 9.17) is 9.47 Å². The minimum Gasteiger partial charge on any atom is -0.348 e. The average molecular weight is 453 g/mol. The molecule has 3 aromatic carbocycles. The zero-order valence-electron chi connectivity index (χ0n) is 18.8. The number of benzene rings is 3. The number of halogens is 3. The van der Waals surface area contributed by atoms with Crippen LogP contribution >= 0.6 is 0 Å². The molecule has 0 bridgehead atoms. The van der Waals surface area contributed by atoms with Crippen LogP contribution in [0.1, 0.15) is 37.7 Å². The highest BCUT2D eigenvalue weighted by molar-refractivity contribution is 5.71. The molecule has 1 aliphatic rings. The van der Waals surface area contributed by atoms with Gasteiger partial charge in [-0.2, -0.15) is 0 Å². The lowest BCUT2D eigenvalue weighted by Crippen LogP contribution is -2.26. The van der Waals surface area contributed by atoms with Crippen LogP contribution in [-0.2, 0) is 15.9 Å². The van der Waals surface area contributed by atoms with Gasteiger partial charge in [0.1, 0.15) is 5.82 Å². The molecule has 4 rings (SSSR count). The third-order valence-electron chi connectivity index (χ3n) is 5.85. The molecule has 0 aliphatic carbocycles. The summed E-state index contributed by atoms with van der Waals surface area (Å²) in [4.78, 5) is 0. The van der Waals surface area contributed by atoms with Crippen molar-refractivity contribution < 1.29 is 22.6 Å². The van der Waals surface area contributed by atoms with Crippen LogP contribution in [0.15, 0.2) is 66.7 Å². The molecule has 1 heterocycles. The van der Waals surface area contributed by atoms with Crippen molar-refractivity contribution in [3.05, 3.63) is 95.3 Å². The summed E-state index contributed by atoms with van der Waals surface area (Å²) >= 11 is 0. The van der Waals surface area contributed by atoms with Gasteiger partial charge >= 0.3 is 0 Å². The first-order valence-corrected chi connectivity index (χ1v) is 11.2. The van der Waals surface area contributed by atoms with Crippen molar-refractivity contribution >= 4 is 0 Å².